The van der Waals surface area contributed by atoms with Crippen molar-refractivity contribution in [3.05, 3.63) is 29.8 Å². The minimum absolute atomic E-state index is 0.0322. The molecule has 1 rings (SSSR count). The van der Waals surface area contributed by atoms with Crippen LogP contribution < -0.4 is 5.32 Å². The van der Waals surface area contributed by atoms with Crippen LogP contribution in [-0.2, 0) is 14.3 Å². The molecule has 0 aliphatic rings. The molecule has 0 unspecified atom stereocenters. The van der Waals surface area contributed by atoms with Gasteiger partial charge < -0.3 is 15.0 Å². The third kappa shape index (κ3) is 6.10. The predicted octanol–water partition coefficient (Wildman–Crippen LogP) is 2.45. The van der Waals surface area contributed by atoms with Gasteiger partial charge in [0, 0.05) is 30.8 Å². The first kappa shape index (κ1) is 18.7. The Kier molecular flexibility index (Phi) is 7.80. The summed E-state index contributed by atoms with van der Waals surface area (Å²) >= 11 is 0. The number of ether oxygens (including phenoxy) is 1. The number of anilines is 1. The van der Waals surface area contributed by atoms with Crippen molar-refractivity contribution < 1.29 is 19.1 Å². The lowest BCUT2D eigenvalue weighted by molar-refractivity contribution is -0.144. The van der Waals surface area contributed by atoms with E-state index in [4.69, 9.17) is 4.74 Å². The number of hydrogen-bond donors (Lipinski definition) is 1. The standard InChI is InChI=1S/C17H24N2O4/c1-4-19(5-2)17(22)13-7-9-14(10-8-13)18-15(20)11-12-16(21)23-6-3/h7-10H,4-6,11-12H2,1-3H3,(H,18,20). The number of amides is 2. The van der Waals surface area contributed by atoms with E-state index in [0.717, 1.165) is 0 Å². The third-order valence-corrected chi connectivity index (χ3v) is 3.33. The van der Waals surface area contributed by atoms with Crippen molar-refractivity contribution in [2.45, 2.75) is 33.6 Å². The maximum Gasteiger partial charge on any atom is 0.306 e. The number of nitrogens with zero attached hydrogens (tertiary/aromatic N) is 1. The minimum Gasteiger partial charge on any atom is -0.466 e. The average Bonchev–Trinajstić information content (AvgIpc) is 2.55. The molecule has 23 heavy (non-hydrogen) atoms. The van der Waals surface area contributed by atoms with Crippen LogP contribution in [0, 0.1) is 0 Å². The Bertz CT molecular complexity index is 536. The summed E-state index contributed by atoms with van der Waals surface area (Å²) in [5, 5.41) is 2.69. The smallest absolute Gasteiger partial charge is 0.306 e. The van der Waals surface area contributed by atoms with E-state index in [1.165, 1.54) is 0 Å². The quantitative estimate of drug-likeness (QED) is 0.747. The van der Waals surface area contributed by atoms with Crippen LogP contribution in [0.4, 0.5) is 5.69 Å². The Hall–Kier alpha value is -2.37. The zero-order chi connectivity index (χ0) is 17.2. The lowest BCUT2D eigenvalue weighted by Crippen LogP contribution is -2.30. The normalized spacial score (nSPS) is 10.0. The fourth-order valence-electron chi connectivity index (χ4n) is 2.06. The molecule has 0 aliphatic heterocycles. The molecule has 0 bridgehead atoms. The largest absolute Gasteiger partial charge is 0.466 e. The number of rotatable bonds is 8. The van der Waals surface area contributed by atoms with Gasteiger partial charge in [-0.05, 0) is 45.0 Å². The topological polar surface area (TPSA) is 75.7 Å². The molecule has 0 saturated carbocycles. The first-order valence-electron chi connectivity index (χ1n) is 7.86. The van der Waals surface area contributed by atoms with Crippen LogP contribution in [-0.4, -0.2) is 42.4 Å². The Morgan fingerprint density at radius 1 is 1.00 bits per heavy atom. The van der Waals surface area contributed by atoms with Crippen LogP contribution in [0.2, 0.25) is 0 Å². The highest BCUT2D eigenvalue weighted by Crippen LogP contribution is 2.12. The van der Waals surface area contributed by atoms with Gasteiger partial charge in [0.15, 0.2) is 0 Å². The summed E-state index contributed by atoms with van der Waals surface area (Å²) in [4.78, 5) is 36.8. The maximum absolute atomic E-state index is 12.2. The van der Waals surface area contributed by atoms with E-state index in [0.29, 0.717) is 30.9 Å². The maximum atomic E-state index is 12.2. The third-order valence-electron chi connectivity index (χ3n) is 3.33. The lowest BCUT2D eigenvalue weighted by Gasteiger charge is -2.18. The fraction of sp³-hybridized carbons (Fsp3) is 0.471. The van der Waals surface area contributed by atoms with E-state index < -0.39 is 0 Å². The highest BCUT2D eigenvalue weighted by Gasteiger charge is 2.12. The zero-order valence-corrected chi connectivity index (χ0v) is 13.9. The summed E-state index contributed by atoms with van der Waals surface area (Å²) in [5.74, 6) is -0.682. The molecule has 6 heteroatoms. The summed E-state index contributed by atoms with van der Waals surface area (Å²) in [6.07, 6.45) is 0.122. The molecule has 0 saturated heterocycles. The van der Waals surface area contributed by atoms with E-state index in [1.807, 2.05) is 13.8 Å². The summed E-state index contributed by atoms with van der Waals surface area (Å²) in [6.45, 7) is 7.20. The summed E-state index contributed by atoms with van der Waals surface area (Å²) in [6, 6.07) is 6.72. The molecule has 126 valence electrons. The molecule has 2 amide bonds. The zero-order valence-electron chi connectivity index (χ0n) is 13.9. The number of benzene rings is 1. The van der Waals surface area contributed by atoms with Crippen LogP contribution in [0.25, 0.3) is 0 Å². The van der Waals surface area contributed by atoms with E-state index in [-0.39, 0.29) is 30.6 Å². The Balaban J connectivity index is 2.55. The van der Waals surface area contributed by atoms with Crippen LogP contribution in [0.3, 0.4) is 0 Å². The van der Waals surface area contributed by atoms with Crippen molar-refractivity contribution in [2.24, 2.45) is 0 Å². The monoisotopic (exact) mass is 320 g/mol. The molecule has 0 heterocycles. The van der Waals surface area contributed by atoms with Crippen LogP contribution in [0.5, 0.6) is 0 Å². The molecule has 0 spiro atoms. The van der Waals surface area contributed by atoms with Gasteiger partial charge in [-0.3, -0.25) is 14.4 Å². The average molecular weight is 320 g/mol. The molecule has 0 aliphatic carbocycles. The van der Waals surface area contributed by atoms with Crippen molar-refractivity contribution >= 4 is 23.5 Å². The predicted molar refractivity (Wildman–Crippen MR) is 88.2 cm³/mol. The molecule has 1 aromatic carbocycles. The van der Waals surface area contributed by atoms with Crippen LogP contribution in [0.15, 0.2) is 24.3 Å². The molecule has 0 fully saturated rings. The summed E-state index contributed by atoms with van der Waals surface area (Å²) in [7, 11) is 0. The molecule has 0 atom stereocenters. The van der Waals surface area contributed by atoms with Crippen molar-refractivity contribution in [3.8, 4) is 0 Å². The number of esters is 1. The molecular weight excluding hydrogens is 296 g/mol. The SMILES string of the molecule is CCOC(=O)CCC(=O)Nc1ccc(C(=O)N(CC)CC)cc1. The summed E-state index contributed by atoms with van der Waals surface area (Å²) in [5.41, 5.74) is 1.17. The van der Waals surface area contributed by atoms with Crippen LogP contribution >= 0.6 is 0 Å². The number of hydrogen-bond acceptors (Lipinski definition) is 4. The molecule has 0 aromatic heterocycles. The molecule has 0 radical (unpaired) electrons. The highest BCUT2D eigenvalue weighted by molar-refractivity contribution is 5.96. The van der Waals surface area contributed by atoms with Crippen molar-refractivity contribution in [2.75, 3.05) is 25.0 Å². The highest BCUT2D eigenvalue weighted by atomic mass is 16.5. The number of nitrogens with one attached hydrogen (secondary N) is 1. The lowest BCUT2D eigenvalue weighted by atomic mass is 10.1. The Labute approximate surface area is 136 Å². The van der Waals surface area contributed by atoms with Gasteiger partial charge in [-0.2, -0.15) is 0 Å². The van der Waals surface area contributed by atoms with Gasteiger partial charge in [-0.1, -0.05) is 0 Å². The molecule has 1 N–H and O–H groups in total. The van der Waals surface area contributed by atoms with Gasteiger partial charge >= 0.3 is 5.97 Å². The Morgan fingerprint density at radius 3 is 2.13 bits per heavy atom. The molecule has 1 aromatic rings. The van der Waals surface area contributed by atoms with E-state index >= 15 is 0 Å². The van der Waals surface area contributed by atoms with Gasteiger partial charge in [0.1, 0.15) is 0 Å². The first-order chi connectivity index (χ1) is 11.0. The number of carbonyl (C=O) groups is 3. The van der Waals surface area contributed by atoms with Gasteiger partial charge in [0.05, 0.1) is 13.0 Å². The number of carbonyl (C=O) groups excluding carboxylic acids is 3. The van der Waals surface area contributed by atoms with Gasteiger partial charge in [-0.25, -0.2) is 0 Å². The van der Waals surface area contributed by atoms with Gasteiger partial charge in [-0.15, -0.1) is 0 Å². The van der Waals surface area contributed by atoms with E-state index in [1.54, 1.807) is 36.1 Å². The second-order valence-corrected chi connectivity index (χ2v) is 4.91. The van der Waals surface area contributed by atoms with Crippen molar-refractivity contribution in [1.82, 2.24) is 4.90 Å². The molecular formula is C17H24N2O4. The van der Waals surface area contributed by atoms with Crippen molar-refractivity contribution in [1.29, 1.82) is 0 Å². The Morgan fingerprint density at radius 2 is 1.61 bits per heavy atom. The van der Waals surface area contributed by atoms with E-state index in [2.05, 4.69) is 5.32 Å². The van der Waals surface area contributed by atoms with E-state index in [9.17, 15) is 14.4 Å². The molecule has 6 nitrogen and oxygen atoms in total. The first-order valence-corrected chi connectivity index (χ1v) is 7.86. The van der Waals surface area contributed by atoms with Crippen molar-refractivity contribution in [3.63, 3.8) is 0 Å². The second-order valence-electron chi connectivity index (χ2n) is 4.91. The van der Waals surface area contributed by atoms with Crippen LogP contribution in [0.1, 0.15) is 44.0 Å². The van der Waals surface area contributed by atoms with Gasteiger partial charge in [0.2, 0.25) is 5.91 Å². The van der Waals surface area contributed by atoms with Gasteiger partial charge in [0.25, 0.3) is 5.91 Å². The summed E-state index contributed by atoms with van der Waals surface area (Å²) < 4.78 is 4.77. The minimum atomic E-state index is -0.386. The second kappa shape index (κ2) is 9.61. The fourth-order valence-corrected chi connectivity index (χ4v) is 2.06.